The lowest BCUT2D eigenvalue weighted by Crippen LogP contribution is -2.41. The lowest BCUT2D eigenvalue weighted by molar-refractivity contribution is 0.352. The first-order chi connectivity index (χ1) is 9.28. The average Bonchev–Trinajstić information content (AvgIpc) is 2.70. The molecule has 0 saturated carbocycles. The van der Waals surface area contributed by atoms with Crippen molar-refractivity contribution in [3.8, 4) is 0 Å². The normalized spacial score (nSPS) is 22.2. The number of sulfonamides is 1. The van der Waals surface area contributed by atoms with Crippen molar-refractivity contribution in [2.75, 3.05) is 18.1 Å². The van der Waals surface area contributed by atoms with Gasteiger partial charge in [0.1, 0.15) is 10.7 Å². The molecule has 1 unspecified atom stereocenters. The van der Waals surface area contributed by atoms with Crippen LogP contribution in [0, 0.1) is 5.82 Å². The Hall–Kier alpha value is -0.990. The van der Waals surface area contributed by atoms with Crippen LogP contribution in [0.2, 0.25) is 0 Å². The summed E-state index contributed by atoms with van der Waals surface area (Å²) in [7, 11) is -7.22. The Balaban J connectivity index is 2.39. The molecule has 1 aliphatic rings. The van der Waals surface area contributed by atoms with Gasteiger partial charge in [0.15, 0.2) is 9.84 Å². The molecule has 5 nitrogen and oxygen atoms in total. The van der Waals surface area contributed by atoms with Crippen LogP contribution in [-0.4, -0.2) is 45.2 Å². The molecule has 8 heteroatoms. The van der Waals surface area contributed by atoms with Crippen molar-refractivity contribution < 1.29 is 21.2 Å². The van der Waals surface area contributed by atoms with Crippen molar-refractivity contribution in [3.05, 3.63) is 30.1 Å². The van der Waals surface area contributed by atoms with Crippen molar-refractivity contribution in [2.24, 2.45) is 0 Å². The third kappa shape index (κ3) is 2.87. The van der Waals surface area contributed by atoms with Gasteiger partial charge in [-0.3, -0.25) is 0 Å². The fraction of sp³-hybridized carbons (Fsp3) is 0.500. The van der Waals surface area contributed by atoms with E-state index in [1.165, 1.54) is 18.2 Å². The van der Waals surface area contributed by atoms with E-state index in [-0.39, 0.29) is 24.5 Å². The van der Waals surface area contributed by atoms with E-state index in [0.717, 1.165) is 10.4 Å². The zero-order valence-electron chi connectivity index (χ0n) is 11.0. The lowest BCUT2D eigenvalue weighted by Gasteiger charge is -2.26. The minimum Gasteiger partial charge on any atom is -0.229 e. The van der Waals surface area contributed by atoms with Gasteiger partial charge in [-0.15, -0.1) is 0 Å². The summed E-state index contributed by atoms with van der Waals surface area (Å²) in [5.74, 6) is -1.05. The molecule has 1 aromatic rings. The summed E-state index contributed by atoms with van der Waals surface area (Å²) in [6.45, 7) is 1.72. The number of sulfone groups is 1. The van der Waals surface area contributed by atoms with Crippen LogP contribution in [0.15, 0.2) is 29.2 Å². The third-order valence-corrected chi connectivity index (χ3v) is 7.16. The highest BCUT2D eigenvalue weighted by Gasteiger charge is 2.38. The van der Waals surface area contributed by atoms with Crippen LogP contribution in [0.5, 0.6) is 0 Å². The van der Waals surface area contributed by atoms with Gasteiger partial charge >= 0.3 is 0 Å². The maximum Gasteiger partial charge on any atom is 0.246 e. The van der Waals surface area contributed by atoms with Gasteiger partial charge in [-0.05, 0) is 18.6 Å². The zero-order chi connectivity index (χ0) is 15.0. The van der Waals surface area contributed by atoms with Gasteiger partial charge in [-0.1, -0.05) is 19.1 Å². The Labute approximate surface area is 118 Å². The number of hydrogen-bond donors (Lipinski definition) is 0. The molecule has 2 rings (SSSR count). The highest BCUT2D eigenvalue weighted by atomic mass is 32.2. The molecule has 0 N–H and O–H groups in total. The van der Waals surface area contributed by atoms with Crippen molar-refractivity contribution in [3.63, 3.8) is 0 Å². The smallest absolute Gasteiger partial charge is 0.229 e. The molecule has 0 bridgehead atoms. The van der Waals surface area contributed by atoms with Crippen molar-refractivity contribution >= 4 is 19.9 Å². The van der Waals surface area contributed by atoms with E-state index in [2.05, 4.69) is 0 Å². The van der Waals surface area contributed by atoms with Crippen LogP contribution in [0.3, 0.4) is 0 Å². The minimum absolute atomic E-state index is 0.0268. The maximum atomic E-state index is 13.7. The fourth-order valence-electron chi connectivity index (χ4n) is 2.41. The van der Waals surface area contributed by atoms with Gasteiger partial charge in [-0.2, -0.15) is 4.31 Å². The summed E-state index contributed by atoms with van der Waals surface area (Å²) in [4.78, 5) is -0.411. The number of hydrogen-bond acceptors (Lipinski definition) is 4. The molecule has 1 aliphatic heterocycles. The average molecular weight is 321 g/mol. The molecule has 0 aromatic heterocycles. The standard InChI is InChI=1S/C12H16FNO4S2/c1-2-14(10-7-8-19(15,16)9-10)20(17,18)12-6-4-3-5-11(12)13/h3-6,10H,2,7-9H2,1H3. The van der Waals surface area contributed by atoms with Crippen LogP contribution in [0.25, 0.3) is 0 Å². The Morgan fingerprint density at radius 1 is 1.35 bits per heavy atom. The van der Waals surface area contributed by atoms with Crippen molar-refractivity contribution in [2.45, 2.75) is 24.3 Å². The maximum absolute atomic E-state index is 13.7. The summed E-state index contributed by atoms with van der Waals surface area (Å²) in [6.07, 6.45) is 0.254. The SMILES string of the molecule is CCN(C1CCS(=O)(=O)C1)S(=O)(=O)c1ccccc1F. The predicted octanol–water partition coefficient (Wildman–Crippen LogP) is 1.02. The first-order valence-corrected chi connectivity index (χ1v) is 9.51. The third-order valence-electron chi connectivity index (χ3n) is 3.35. The topological polar surface area (TPSA) is 71.5 Å². The number of benzene rings is 1. The van der Waals surface area contributed by atoms with Crippen LogP contribution in [0.1, 0.15) is 13.3 Å². The summed E-state index contributed by atoms with van der Waals surface area (Å²) in [6, 6.07) is 4.50. The number of halogens is 1. The molecule has 0 radical (unpaired) electrons. The minimum atomic E-state index is -4.02. The first kappa shape index (κ1) is 15.4. The molecule has 20 heavy (non-hydrogen) atoms. The summed E-state index contributed by atoms with van der Waals surface area (Å²) in [5, 5.41) is 0. The van der Waals surface area contributed by atoms with Crippen LogP contribution in [0.4, 0.5) is 4.39 Å². The molecule has 1 aromatic carbocycles. The molecule has 0 aliphatic carbocycles. The Bertz CT molecular complexity index is 700. The molecule has 1 heterocycles. The molecular formula is C12H16FNO4S2. The molecule has 1 saturated heterocycles. The first-order valence-electron chi connectivity index (χ1n) is 6.25. The van der Waals surface area contributed by atoms with Crippen LogP contribution in [-0.2, 0) is 19.9 Å². The second kappa shape index (κ2) is 5.42. The number of rotatable bonds is 4. The van der Waals surface area contributed by atoms with E-state index >= 15 is 0 Å². The quantitative estimate of drug-likeness (QED) is 0.830. The van der Waals surface area contributed by atoms with Gasteiger partial charge in [0.25, 0.3) is 0 Å². The second-order valence-electron chi connectivity index (χ2n) is 4.70. The Kier molecular flexibility index (Phi) is 4.17. The molecule has 1 atom stereocenters. The summed E-state index contributed by atoms with van der Waals surface area (Å²) >= 11 is 0. The Morgan fingerprint density at radius 3 is 2.50 bits per heavy atom. The van der Waals surface area contributed by atoms with Crippen molar-refractivity contribution in [1.29, 1.82) is 0 Å². The van der Waals surface area contributed by atoms with Crippen molar-refractivity contribution in [1.82, 2.24) is 4.31 Å². The highest BCUT2D eigenvalue weighted by molar-refractivity contribution is 7.92. The molecule has 112 valence electrons. The molecular weight excluding hydrogens is 305 g/mol. The molecule has 0 amide bonds. The van der Waals surface area contributed by atoms with E-state index in [1.807, 2.05) is 0 Å². The van der Waals surface area contributed by atoms with Crippen LogP contribution < -0.4 is 0 Å². The zero-order valence-corrected chi connectivity index (χ0v) is 12.6. The van der Waals surface area contributed by atoms with Gasteiger partial charge in [0.05, 0.1) is 11.5 Å². The molecule has 0 spiro atoms. The van der Waals surface area contributed by atoms with Crippen LogP contribution >= 0.6 is 0 Å². The van der Waals surface area contributed by atoms with Gasteiger partial charge < -0.3 is 0 Å². The van der Waals surface area contributed by atoms with Gasteiger partial charge in [0, 0.05) is 12.6 Å². The highest BCUT2D eigenvalue weighted by Crippen LogP contribution is 2.26. The van der Waals surface area contributed by atoms with E-state index < -0.39 is 36.6 Å². The predicted molar refractivity (Wildman–Crippen MR) is 73.0 cm³/mol. The monoisotopic (exact) mass is 321 g/mol. The van der Waals surface area contributed by atoms with E-state index in [1.54, 1.807) is 6.92 Å². The van der Waals surface area contributed by atoms with E-state index in [9.17, 15) is 21.2 Å². The largest absolute Gasteiger partial charge is 0.246 e. The van der Waals surface area contributed by atoms with Gasteiger partial charge in [0.2, 0.25) is 10.0 Å². The van der Waals surface area contributed by atoms with E-state index in [0.29, 0.717) is 0 Å². The number of nitrogens with zero attached hydrogens (tertiary/aromatic N) is 1. The second-order valence-corrected chi connectivity index (χ2v) is 8.78. The summed E-state index contributed by atoms with van der Waals surface area (Å²) < 4.78 is 62.7. The Morgan fingerprint density at radius 2 is 2.00 bits per heavy atom. The van der Waals surface area contributed by atoms with E-state index in [4.69, 9.17) is 0 Å². The van der Waals surface area contributed by atoms with Gasteiger partial charge in [-0.25, -0.2) is 21.2 Å². The fourth-order valence-corrected chi connectivity index (χ4v) is 5.96. The molecule has 1 fully saturated rings. The summed E-state index contributed by atoms with van der Waals surface area (Å²) in [5.41, 5.74) is 0. The lowest BCUT2D eigenvalue weighted by atomic mass is 10.3.